The number of nitrogens with one attached hydrogen (secondary N) is 1. The smallest absolute Gasteiger partial charge is 0.240 e. The molecule has 2 heterocycles. The van der Waals surface area contributed by atoms with Crippen molar-refractivity contribution in [2.24, 2.45) is 0 Å². The predicted molar refractivity (Wildman–Crippen MR) is 114 cm³/mol. The highest BCUT2D eigenvalue weighted by atomic mass is 32.2. The number of amides is 1. The van der Waals surface area contributed by atoms with Crippen LogP contribution in [-0.4, -0.2) is 50.0 Å². The van der Waals surface area contributed by atoms with Crippen LogP contribution in [0.15, 0.2) is 47.5 Å². The molecule has 166 valence electrons. The molecule has 1 unspecified atom stereocenters. The number of sulfonamides is 1. The van der Waals surface area contributed by atoms with E-state index < -0.39 is 10.0 Å². The number of ether oxygens (including phenoxy) is 2. The maximum absolute atomic E-state index is 12.9. The fourth-order valence-corrected chi connectivity index (χ4v) is 4.72. The van der Waals surface area contributed by atoms with Gasteiger partial charge in [0.25, 0.3) is 0 Å². The molecule has 0 bridgehead atoms. The van der Waals surface area contributed by atoms with E-state index in [0.717, 1.165) is 25.0 Å². The van der Waals surface area contributed by atoms with Gasteiger partial charge in [0, 0.05) is 37.7 Å². The molecule has 1 saturated carbocycles. The van der Waals surface area contributed by atoms with Crippen molar-refractivity contribution in [2.45, 2.75) is 49.6 Å². The zero-order valence-electron chi connectivity index (χ0n) is 17.5. The number of hydrogen-bond acceptors (Lipinski definition) is 6. The standard InChI is InChI=1S/C22H27N3O5S/c1-16(19-5-2-3-11-23-19)25(17-6-7-17)22(26)10-12-24-31(27,28)18-8-9-20-21(15-18)30-14-4-13-29-20/h2-3,5,8-9,11,15-17,24H,4,6-7,10,12-14H2,1H3. The summed E-state index contributed by atoms with van der Waals surface area (Å²) in [5.74, 6) is 0.873. The van der Waals surface area contributed by atoms with Crippen LogP contribution in [0.3, 0.4) is 0 Å². The van der Waals surface area contributed by atoms with Crippen molar-refractivity contribution in [1.29, 1.82) is 0 Å². The molecule has 2 aliphatic rings. The third-order valence-electron chi connectivity index (χ3n) is 5.42. The number of carbonyl (C=O) groups is 1. The Hall–Kier alpha value is -2.65. The highest BCUT2D eigenvalue weighted by Gasteiger charge is 2.36. The van der Waals surface area contributed by atoms with Crippen molar-refractivity contribution >= 4 is 15.9 Å². The van der Waals surface area contributed by atoms with Gasteiger partial charge in [-0.15, -0.1) is 0 Å². The van der Waals surface area contributed by atoms with Gasteiger partial charge in [0.1, 0.15) is 0 Å². The minimum atomic E-state index is -3.77. The van der Waals surface area contributed by atoms with Crippen LogP contribution in [0.2, 0.25) is 0 Å². The quantitative estimate of drug-likeness (QED) is 0.671. The van der Waals surface area contributed by atoms with Gasteiger partial charge in [-0.2, -0.15) is 0 Å². The highest BCUT2D eigenvalue weighted by molar-refractivity contribution is 7.89. The molecule has 2 aromatic rings. The summed E-state index contributed by atoms with van der Waals surface area (Å²) in [6.07, 6.45) is 4.46. The maximum atomic E-state index is 12.9. The minimum Gasteiger partial charge on any atom is -0.490 e. The molecule has 0 spiro atoms. The Labute approximate surface area is 182 Å². The first-order chi connectivity index (χ1) is 15.0. The van der Waals surface area contributed by atoms with Crippen molar-refractivity contribution in [3.05, 3.63) is 48.3 Å². The summed E-state index contributed by atoms with van der Waals surface area (Å²) in [6.45, 7) is 2.99. The van der Waals surface area contributed by atoms with E-state index in [-0.39, 0.29) is 35.9 Å². The van der Waals surface area contributed by atoms with Crippen molar-refractivity contribution < 1.29 is 22.7 Å². The van der Waals surface area contributed by atoms with Crippen LogP contribution >= 0.6 is 0 Å². The van der Waals surface area contributed by atoms with Crippen molar-refractivity contribution in [1.82, 2.24) is 14.6 Å². The Bertz CT molecular complexity index is 1020. The summed E-state index contributed by atoms with van der Waals surface area (Å²) < 4.78 is 39.1. The molecule has 1 N–H and O–H groups in total. The van der Waals surface area contributed by atoms with Crippen LogP contribution in [0.25, 0.3) is 0 Å². The summed E-state index contributed by atoms with van der Waals surface area (Å²) >= 11 is 0. The Morgan fingerprint density at radius 2 is 1.97 bits per heavy atom. The number of aromatic nitrogens is 1. The Morgan fingerprint density at radius 1 is 1.19 bits per heavy atom. The second-order valence-corrected chi connectivity index (χ2v) is 9.54. The molecule has 1 aliphatic carbocycles. The molecule has 31 heavy (non-hydrogen) atoms. The molecule has 1 aliphatic heterocycles. The molecule has 4 rings (SSSR count). The van der Waals surface area contributed by atoms with Gasteiger partial charge in [0.15, 0.2) is 11.5 Å². The number of carbonyl (C=O) groups excluding carboxylic acids is 1. The lowest BCUT2D eigenvalue weighted by molar-refractivity contribution is -0.134. The Balaban J connectivity index is 1.38. The lowest BCUT2D eigenvalue weighted by Crippen LogP contribution is -2.38. The van der Waals surface area contributed by atoms with Crippen LogP contribution in [0.1, 0.15) is 44.3 Å². The lowest BCUT2D eigenvalue weighted by atomic mass is 10.1. The third-order valence-corrected chi connectivity index (χ3v) is 6.88. The molecule has 1 aromatic carbocycles. The maximum Gasteiger partial charge on any atom is 0.240 e. The number of nitrogens with zero attached hydrogens (tertiary/aromatic N) is 2. The van der Waals surface area contributed by atoms with E-state index in [1.165, 1.54) is 12.1 Å². The molecule has 1 aromatic heterocycles. The fourth-order valence-electron chi connectivity index (χ4n) is 3.67. The van der Waals surface area contributed by atoms with Crippen molar-refractivity contribution in [2.75, 3.05) is 19.8 Å². The first-order valence-corrected chi connectivity index (χ1v) is 12.1. The topological polar surface area (TPSA) is 97.8 Å². The highest BCUT2D eigenvalue weighted by Crippen LogP contribution is 2.34. The van der Waals surface area contributed by atoms with Gasteiger partial charge in [-0.05, 0) is 44.0 Å². The minimum absolute atomic E-state index is 0.0216. The van der Waals surface area contributed by atoms with Crippen molar-refractivity contribution in [3.63, 3.8) is 0 Å². The molecular formula is C22H27N3O5S. The second-order valence-electron chi connectivity index (χ2n) is 7.77. The summed E-state index contributed by atoms with van der Waals surface area (Å²) in [6, 6.07) is 10.2. The van der Waals surface area contributed by atoms with Gasteiger partial charge < -0.3 is 14.4 Å². The van der Waals surface area contributed by atoms with Gasteiger partial charge >= 0.3 is 0 Å². The first-order valence-electron chi connectivity index (χ1n) is 10.6. The SMILES string of the molecule is CC(c1ccccn1)N(C(=O)CCNS(=O)(=O)c1ccc2c(c1)OCCCO2)C1CC1. The van der Waals surface area contributed by atoms with Crippen LogP contribution in [0.4, 0.5) is 0 Å². The Morgan fingerprint density at radius 3 is 2.68 bits per heavy atom. The molecule has 8 nitrogen and oxygen atoms in total. The monoisotopic (exact) mass is 445 g/mol. The van der Waals surface area contributed by atoms with Crippen LogP contribution in [0.5, 0.6) is 11.5 Å². The van der Waals surface area contributed by atoms with E-state index in [1.807, 2.05) is 30.0 Å². The van der Waals surface area contributed by atoms with Gasteiger partial charge in [-0.1, -0.05) is 6.07 Å². The zero-order chi connectivity index (χ0) is 21.8. The zero-order valence-corrected chi connectivity index (χ0v) is 18.3. The summed E-state index contributed by atoms with van der Waals surface area (Å²) in [5.41, 5.74) is 0.829. The normalized spacial score (nSPS) is 16.9. The molecule has 0 saturated heterocycles. The van der Waals surface area contributed by atoms with Gasteiger partial charge in [-0.25, -0.2) is 13.1 Å². The van der Waals surface area contributed by atoms with Gasteiger partial charge in [0.2, 0.25) is 15.9 Å². The molecule has 1 amide bonds. The second kappa shape index (κ2) is 9.23. The number of hydrogen-bond donors (Lipinski definition) is 1. The van der Waals surface area contributed by atoms with Crippen LogP contribution < -0.4 is 14.2 Å². The Kier molecular flexibility index (Phi) is 6.43. The average Bonchev–Trinajstić information content (AvgIpc) is 3.61. The molecule has 1 fully saturated rings. The van der Waals surface area contributed by atoms with Crippen molar-refractivity contribution in [3.8, 4) is 11.5 Å². The van der Waals surface area contributed by atoms with Gasteiger partial charge in [-0.3, -0.25) is 9.78 Å². The summed E-state index contributed by atoms with van der Waals surface area (Å²) in [5, 5.41) is 0. The molecular weight excluding hydrogens is 418 g/mol. The molecule has 0 radical (unpaired) electrons. The molecule has 1 atom stereocenters. The van der Waals surface area contributed by atoms with Crippen LogP contribution in [0, 0.1) is 0 Å². The van der Waals surface area contributed by atoms with E-state index in [0.29, 0.717) is 24.7 Å². The van der Waals surface area contributed by atoms with Crippen LogP contribution in [-0.2, 0) is 14.8 Å². The fraction of sp³-hybridized carbons (Fsp3) is 0.455. The van der Waals surface area contributed by atoms with E-state index in [4.69, 9.17) is 9.47 Å². The average molecular weight is 446 g/mol. The molecule has 9 heteroatoms. The predicted octanol–water partition coefficient (Wildman–Crippen LogP) is 2.66. The summed E-state index contributed by atoms with van der Waals surface area (Å²) in [7, 11) is -3.77. The van der Waals surface area contributed by atoms with Gasteiger partial charge in [0.05, 0.1) is 29.8 Å². The van der Waals surface area contributed by atoms with E-state index in [1.54, 1.807) is 12.3 Å². The van der Waals surface area contributed by atoms with E-state index in [9.17, 15) is 13.2 Å². The van der Waals surface area contributed by atoms with E-state index >= 15 is 0 Å². The third kappa shape index (κ3) is 5.16. The lowest BCUT2D eigenvalue weighted by Gasteiger charge is -2.29. The number of pyridine rings is 1. The number of benzene rings is 1. The first kappa shape index (κ1) is 21.6. The number of rotatable bonds is 8. The summed E-state index contributed by atoms with van der Waals surface area (Å²) in [4.78, 5) is 19.2. The van der Waals surface area contributed by atoms with E-state index in [2.05, 4.69) is 9.71 Å². The number of fused-ring (bicyclic) bond motifs is 1. The largest absolute Gasteiger partial charge is 0.490 e.